The van der Waals surface area contributed by atoms with Crippen LogP contribution in [0.2, 0.25) is 0 Å². The fourth-order valence-electron chi connectivity index (χ4n) is 8.93. The molecule has 0 saturated carbocycles. The van der Waals surface area contributed by atoms with Gasteiger partial charge in [-0.1, -0.05) is 184 Å². The molecule has 9 aromatic carbocycles. The van der Waals surface area contributed by atoms with E-state index >= 15 is 0 Å². The highest BCUT2D eigenvalue weighted by molar-refractivity contribution is 6.05. The summed E-state index contributed by atoms with van der Waals surface area (Å²) < 4.78 is 0. The number of nitrogens with zero attached hydrogens (tertiary/aromatic N) is 1. The molecule has 0 radical (unpaired) electrons. The first-order valence-electron chi connectivity index (χ1n) is 19.5. The van der Waals surface area contributed by atoms with Crippen molar-refractivity contribution < 1.29 is 0 Å². The molecule has 0 N–H and O–H groups in total. The van der Waals surface area contributed by atoms with Crippen LogP contribution in [0.25, 0.3) is 66.4 Å². The maximum atomic E-state index is 2.48. The zero-order valence-corrected chi connectivity index (χ0v) is 31.7. The van der Waals surface area contributed by atoms with Gasteiger partial charge in [0.25, 0.3) is 0 Å². The SMILES string of the molecule is CC1(C)c2cc(-c3ccc(N(c4ccccc4)c4ccc5ccccc5c4-c4ccccc4)cc3)c(-c3ccccc3)cc2-c2c(-c3ccccc3)cccc21. The van der Waals surface area contributed by atoms with Crippen LogP contribution < -0.4 is 4.90 Å². The molecule has 0 amide bonds. The average molecular weight is 716 g/mol. The number of anilines is 3. The van der Waals surface area contributed by atoms with Crippen molar-refractivity contribution in [3.8, 4) is 55.6 Å². The Balaban J connectivity index is 1.15. The number of hydrogen-bond acceptors (Lipinski definition) is 1. The van der Waals surface area contributed by atoms with Gasteiger partial charge in [0.1, 0.15) is 0 Å². The van der Waals surface area contributed by atoms with Crippen LogP contribution in [0.4, 0.5) is 17.1 Å². The molecule has 1 aliphatic rings. The standard InChI is InChI=1S/C55H41N/c1-55(2)50-29-17-28-46(38-18-7-3-8-19-38)54(50)49-36-47(39-20-9-4-10-21-39)48(37-51(49)55)41-30-33-44(34-31-41)56(43-25-13-6-14-26-43)52-35-32-40-22-15-16-27-45(40)53(52)42-23-11-5-12-24-42/h3-37H,1-2H3. The van der Waals surface area contributed by atoms with E-state index in [-0.39, 0.29) is 5.41 Å². The molecule has 0 spiro atoms. The normalized spacial score (nSPS) is 12.6. The first-order valence-corrected chi connectivity index (χ1v) is 19.5. The van der Waals surface area contributed by atoms with Gasteiger partial charge in [-0.3, -0.25) is 0 Å². The fraction of sp³-hybridized carbons (Fsp3) is 0.0545. The molecule has 0 aromatic heterocycles. The third kappa shape index (κ3) is 5.63. The second-order valence-electron chi connectivity index (χ2n) is 15.3. The Hall–Kier alpha value is -6.96. The summed E-state index contributed by atoms with van der Waals surface area (Å²) in [5.41, 5.74) is 18.5. The smallest absolute Gasteiger partial charge is 0.0546 e. The van der Waals surface area contributed by atoms with Gasteiger partial charge in [0, 0.05) is 22.4 Å². The highest BCUT2D eigenvalue weighted by Crippen LogP contribution is 2.55. The minimum absolute atomic E-state index is 0.159. The van der Waals surface area contributed by atoms with E-state index in [9.17, 15) is 0 Å². The summed E-state index contributed by atoms with van der Waals surface area (Å²) >= 11 is 0. The van der Waals surface area contributed by atoms with E-state index in [1.165, 1.54) is 77.5 Å². The lowest BCUT2D eigenvalue weighted by Crippen LogP contribution is -2.15. The molecule has 9 aromatic rings. The number of benzene rings is 9. The lowest BCUT2D eigenvalue weighted by molar-refractivity contribution is 0.661. The summed E-state index contributed by atoms with van der Waals surface area (Å²) in [6, 6.07) is 77.5. The molecule has 10 rings (SSSR count). The van der Waals surface area contributed by atoms with E-state index < -0.39 is 0 Å². The van der Waals surface area contributed by atoms with Crippen molar-refractivity contribution >= 4 is 27.8 Å². The summed E-state index contributed by atoms with van der Waals surface area (Å²) in [7, 11) is 0. The molecule has 1 aliphatic carbocycles. The zero-order chi connectivity index (χ0) is 37.6. The van der Waals surface area contributed by atoms with Crippen LogP contribution in [0.1, 0.15) is 25.0 Å². The first-order chi connectivity index (χ1) is 27.6. The molecule has 0 aliphatic heterocycles. The summed E-state index contributed by atoms with van der Waals surface area (Å²) in [5, 5.41) is 2.46. The quantitative estimate of drug-likeness (QED) is 0.159. The third-order valence-electron chi connectivity index (χ3n) is 11.7. The van der Waals surface area contributed by atoms with Gasteiger partial charge in [0.2, 0.25) is 0 Å². The minimum Gasteiger partial charge on any atom is -0.310 e. The van der Waals surface area contributed by atoms with Crippen molar-refractivity contribution in [1.29, 1.82) is 0 Å². The molecule has 56 heavy (non-hydrogen) atoms. The fourth-order valence-corrected chi connectivity index (χ4v) is 8.93. The lowest BCUT2D eigenvalue weighted by atomic mass is 9.80. The Bertz CT molecular complexity index is 2840. The molecule has 0 fully saturated rings. The number of rotatable bonds is 7. The molecule has 1 heteroatoms. The van der Waals surface area contributed by atoms with Gasteiger partial charge in [-0.2, -0.15) is 0 Å². The molecule has 1 nitrogen and oxygen atoms in total. The molecule has 0 unspecified atom stereocenters. The van der Waals surface area contributed by atoms with E-state index in [0.717, 1.165) is 17.1 Å². The van der Waals surface area contributed by atoms with E-state index in [1.54, 1.807) is 0 Å². The second kappa shape index (κ2) is 13.7. The molecular formula is C55H41N. The van der Waals surface area contributed by atoms with Crippen LogP contribution in [0.15, 0.2) is 212 Å². The Labute approximate surface area is 329 Å². The van der Waals surface area contributed by atoms with Crippen LogP contribution >= 0.6 is 0 Å². The van der Waals surface area contributed by atoms with Gasteiger partial charge in [0.05, 0.1) is 5.69 Å². The van der Waals surface area contributed by atoms with E-state index in [0.29, 0.717) is 0 Å². The number of para-hydroxylation sites is 1. The Kier molecular flexibility index (Phi) is 8.23. The van der Waals surface area contributed by atoms with E-state index in [1.807, 2.05) is 0 Å². The summed E-state index contributed by atoms with van der Waals surface area (Å²) in [4.78, 5) is 2.41. The van der Waals surface area contributed by atoms with Gasteiger partial charge >= 0.3 is 0 Å². The van der Waals surface area contributed by atoms with Crippen LogP contribution in [-0.2, 0) is 5.41 Å². The third-order valence-corrected chi connectivity index (χ3v) is 11.7. The van der Waals surface area contributed by atoms with Crippen molar-refractivity contribution in [3.63, 3.8) is 0 Å². The minimum atomic E-state index is -0.159. The van der Waals surface area contributed by atoms with Crippen LogP contribution in [0, 0.1) is 0 Å². The van der Waals surface area contributed by atoms with Crippen molar-refractivity contribution in [2.24, 2.45) is 0 Å². The summed E-state index contributed by atoms with van der Waals surface area (Å²) in [6.45, 7) is 4.76. The van der Waals surface area contributed by atoms with Gasteiger partial charge in [0.15, 0.2) is 0 Å². The van der Waals surface area contributed by atoms with Crippen LogP contribution in [-0.4, -0.2) is 0 Å². The van der Waals surface area contributed by atoms with Crippen LogP contribution in [0.5, 0.6) is 0 Å². The molecule has 0 heterocycles. The van der Waals surface area contributed by atoms with Crippen molar-refractivity contribution in [2.75, 3.05) is 4.90 Å². The van der Waals surface area contributed by atoms with Gasteiger partial charge in [-0.25, -0.2) is 0 Å². The summed E-state index contributed by atoms with van der Waals surface area (Å²) in [5.74, 6) is 0. The van der Waals surface area contributed by atoms with E-state index in [2.05, 4.69) is 231 Å². The van der Waals surface area contributed by atoms with Crippen LogP contribution in [0.3, 0.4) is 0 Å². The lowest BCUT2D eigenvalue weighted by Gasteiger charge is -2.29. The molecule has 0 saturated heterocycles. The van der Waals surface area contributed by atoms with Gasteiger partial charge in [-0.15, -0.1) is 0 Å². The Morgan fingerprint density at radius 1 is 0.339 bits per heavy atom. The molecular weight excluding hydrogens is 675 g/mol. The number of fused-ring (bicyclic) bond motifs is 4. The molecule has 0 bridgehead atoms. The van der Waals surface area contributed by atoms with Crippen molar-refractivity contribution in [2.45, 2.75) is 19.3 Å². The predicted molar refractivity (Wildman–Crippen MR) is 238 cm³/mol. The van der Waals surface area contributed by atoms with Gasteiger partial charge < -0.3 is 4.90 Å². The number of hydrogen-bond donors (Lipinski definition) is 0. The monoisotopic (exact) mass is 715 g/mol. The Morgan fingerprint density at radius 2 is 0.875 bits per heavy atom. The maximum Gasteiger partial charge on any atom is 0.0546 e. The van der Waals surface area contributed by atoms with Gasteiger partial charge in [-0.05, 0) is 114 Å². The predicted octanol–water partition coefficient (Wildman–Crippen LogP) is 15.3. The topological polar surface area (TPSA) is 3.24 Å². The average Bonchev–Trinajstić information content (AvgIpc) is 3.49. The van der Waals surface area contributed by atoms with E-state index in [4.69, 9.17) is 0 Å². The second-order valence-corrected chi connectivity index (χ2v) is 15.3. The maximum absolute atomic E-state index is 2.48. The highest BCUT2D eigenvalue weighted by Gasteiger charge is 2.38. The zero-order valence-electron chi connectivity index (χ0n) is 31.7. The Morgan fingerprint density at radius 3 is 1.55 bits per heavy atom. The largest absolute Gasteiger partial charge is 0.310 e. The van der Waals surface area contributed by atoms with Crippen molar-refractivity contribution in [1.82, 2.24) is 0 Å². The van der Waals surface area contributed by atoms with Crippen molar-refractivity contribution in [3.05, 3.63) is 223 Å². The first kappa shape index (κ1) is 33.6. The highest BCUT2D eigenvalue weighted by atomic mass is 15.1. The molecule has 266 valence electrons. The molecule has 0 atom stereocenters. The summed E-state index contributed by atoms with van der Waals surface area (Å²) in [6.07, 6.45) is 0.